The third kappa shape index (κ3) is 12.1. The summed E-state index contributed by atoms with van der Waals surface area (Å²) >= 11 is 0. The van der Waals surface area contributed by atoms with Crippen LogP contribution in [0.1, 0.15) is 65.6 Å². The fraction of sp³-hybridized carbons (Fsp3) is 0.261. The highest BCUT2D eigenvalue weighted by molar-refractivity contribution is 7.89. The molecule has 0 unspecified atom stereocenters. The van der Waals surface area contributed by atoms with E-state index in [1.807, 2.05) is 64.2 Å². The van der Waals surface area contributed by atoms with Crippen molar-refractivity contribution in [2.24, 2.45) is 0 Å². The lowest BCUT2D eigenvalue weighted by Crippen LogP contribution is -2.52. The highest BCUT2D eigenvalue weighted by atomic mass is 32.2. The molecule has 2 atom stereocenters. The number of hydrogen-bond donors (Lipinski definition) is 5. The molecule has 0 radical (unpaired) electrons. The van der Waals surface area contributed by atoms with Gasteiger partial charge in [-0.15, -0.1) is 0 Å². The van der Waals surface area contributed by atoms with E-state index < -0.39 is 57.7 Å². The third-order valence-corrected chi connectivity index (χ3v) is 12.3. The molecule has 1 fully saturated rings. The van der Waals surface area contributed by atoms with Crippen molar-refractivity contribution in [3.63, 3.8) is 0 Å². The van der Waals surface area contributed by atoms with Crippen molar-refractivity contribution in [2.45, 2.75) is 61.2 Å². The summed E-state index contributed by atoms with van der Waals surface area (Å²) in [4.78, 5) is 48.8. The first-order chi connectivity index (χ1) is 29.8. The number of nitrogens with zero attached hydrogens (tertiary/aromatic N) is 1. The highest BCUT2D eigenvalue weighted by Gasteiger charge is 2.43. The summed E-state index contributed by atoms with van der Waals surface area (Å²) in [5.74, 6) is -3.15. The van der Waals surface area contributed by atoms with E-state index in [2.05, 4.69) is 5.32 Å². The molecule has 5 aromatic rings. The molecule has 332 valence electrons. The second-order valence-corrected chi connectivity index (χ2v) is 16.5. The number of likely N-dealkylation sites (tertiary alicyclic amines) is 1. The van der Waals surface area contributed by atoms with Gasteiger partial charge >= 0.3 is 24.1 Å². The number of anilines is 1. The quantitative estimate of drug-likeness (QED) is 0.0681. The predicted molar refractivity (Wildman–Crippen MR) is 228 cm³/mol. The summed E-state index contributed by atoms with van der Waals surface area (Å²) in [5.41, 5.74) is 2.05. The highest BCUT2D eigenvalue weighted by Crippen LogP contribution is 2.37. The van der Waals surface area contributed by atoms with E-state index in [9.17, 15) is 45.9 Å². The van der Waals surface area contributed by atoms with Gasteiger partial charge in [0.25, 0.3) is 5.91 Å². The number of alkyl halides is 3. The smallest absolute Gasteiger partial charge is 0.416 e. The summed E-state index contributed by atoms with van der Waals surface area (Å²) in [6.45, 7) is 3.04. The first kappa shape index (κ1) is 47.5. The Hall–Kier alpha value is -6.56. The summed E-state index contributed by atoms with van der Waals surface area (Å²) in [5, 5.41) is 30.5. The molecule has 1 saturated heterocycles. The van der Waals surface area contributed by atoms with Gasteiger partial charge in [-0.3, -0.25) is 19.3 Å². The Bertz CT molecular complexity index is 2480. The molecule has 0 aromatic heterocycles. The summed E-state index contributed by atoms with van der Waals surface area (Å²) in [6, 6.07) is 32.4. The number of carbonyl (C=O) groups excluding carboxylic acids is 1. The zero-order valence-corrected chi connectivity index (χ0v) is 35.0. The number of carboxylic acids is 3. The van der Waals surface area contributed by atoms with Crippen LogP contribution in [0, 0.1) is 0 Å². The number of halogens is 3. The van der Waals surface area contributed by atoms with Crippen molar-refractivity contribution in [1.82, 2.24) is 9.62 Å². The molecule has 5 aromatic carbocycles. The third-order valence-electron chi connectivity index (χ3n) is 10.8. The maximum atomic E-state index is 13.2. The molecule has 5 N–H and O–H groups in total. The average molecular weight is 890 g/mol. The van der Waals surface area contributed by atoms with Gasteiger partial charge in [0.15, 0.2) is 0 Å². The zero-order chi connectivity index (χ0) is 46.0. The molecule has 1 aliphatic heterocycles. The van der Waals surface area contributed by atoms with Crippen molar-refractivity contribution in [1.29, 1.82) is 0 Å². The van der Waals surface area contributed by atoms with Crippen molar-refractivity contribution in [2.75, 3.05) is 25.5 Å². The van der Waals surface area contributed by atoms with Crippen LogP contribution in [0.3, 0.4) is 0 Å². The van der Waals surface area contributed by atoms with Crippen LogP contribution < -0.4 is 14.8 Å². The Morgan fingerprint density at radius 3 is 1.90 bits per heavy atom. The monoisotopic (exact) mass is 889 g/mol. The summed E-state index contributed by atoms with van der Waals surface area (Å²) < 4.78 is 69.9. The van der Waals surface area contributed by atoms with Crippen LogP contribution in [0.5, 0.6) is 5.75 Å². The zero-order valence-electron chi connectivity index (χ0n) is 34.2. The number of carboxylic acid groups (broad SMARTS) is 3. The molecule has 6 rings (SSSR count). The lowest BCUT2D eigenvalue weighted by Gasteiger charge is -2.42. The van der Waals surface area contributed by atoms with E-state index in [1.54, 1.807) is 31.2 Å². The number of aliphatic carboxylic acids is 3. The lowest BCUT2D eigenvalue weighted by atomic mass is 9.84. The number of carbonyl (C=O) groups is 4. The van der Waals surface area contributed by atoms with Gasteiger partial charge in [-0.05, 0) is 109 Å². The Balaban J connectivity index is 0.000000300. The Labute approximate surface area is 362 Å². The number of amides is 1. The minimum absolute atomic E-state index is 0.134. The van der Waals surface area contributed by atoms with Gasteiger partial charge in [0, 0.05) is 30.8 Å². The minimum atomic E-state index is -4.43. The van der Waals surface area contributed by atoms with Crippen molar-refractivity contribution in [3.05, 3.63) is 150 Å². The number of rotatable bonds is 15. The van der Waals surface area contributed by atoms with Crippen molar-refractivity contribution in [3.8, 4) is 16.9 Å². The van der Waals surface area contributed by atoms with Crippen molar-refractivity contribution >= 4 is 39.5 Å². The maximum Gasteiger partial charge on any atom is 0.416 e. The van der Waals surface area contributed by atoms with Gasteiger partial charge in [0.05, 0.1) is 17.6 Å². The molecule has 1 heterocycles. The van der Waals surface area contributed by atoms with Gasteiger partial charge in [-0.1, -0.05) is 72.8 Å². The molecule has 63 heavy (non-hydrogen) atoms. The number of methoxy groups -OCH3 is 1. The maximum absolute atomic E-state index is 13.2. The topological polar surface area (TPSA) is 200 Å². The second kappa shape index (κ2) is 20.5. The first-order valence-corrected chi connectivity index (χ1v) is 21.1. The molecule has 17 heteroatoms. The minimum Gasteiger partial charge on any atom is -0.497 e. The van der Waals surface area contributed by atoms with E-state index in [1.165, 1.54) is 43.5 Å². The van der Waals surface area contributed by atoms with Crippen LogP contribution in [0.25, 0.3) is 11.1 Å². The first-order valence-electron chi connectivity index (χ1n) is 19.7. The molecule has 0 bridgehead atoms. The predicted octanol–water partition coefficient (Wildman–Crippen LogP) is 8.10. The van der Waals surface area contributed by atoms with Crippen molar-refractivity contribution < 1.29 is 60.8 Å². The molecular formula is C46H46F3N3O10S. The molecule has 1 amide bonds. The van der Waals surface area contributed by atoms with Crippen LogP contribution in [-0.2, 0) is 36.1 Å². The number of benzene rings is 5. The van der Waals surface area contributed by atoms with E-state index in [-0.39, 0.29) is 23.1 Å². The number of ether oxygens (including phenoxy) is 1. The Morgan fingerprint density at radius 2 is 1.37 bits per heavy atom. The standard InChI is InChI=1S/C34H31F3N2O3.C12H15NO7S/c1-33(32(41)42,26-7-3-2-4-8-26)39-21-19-24(20-22-39)23-13-17-28(18-14-23)38-31(40)30-10-6-5-9-29(30)25-11-15-27(16-12-25)34(35,36)37;1-20-8-2-4-9(5-3-8)21(18,19)13-10(12(16)17)6-7-11(14)15/h2-18,24H,19-22H2,1H3,(H,38,40)(H,41,42);2-5,10,13H,6-7H2,1H3,(H,14,15)(H,16,17)/t33-;10-/m10/s1. The van der Waals surface area contributed by atoms with E-state index in [4.69, 9.17) is 14.9 Å². The molecule has 13 nitrogen and oxygen atoms in total. The van der Waals surface area contributed by atoms with Crippen LogP contribution in [0.4, 0.5) is 18.9 Å². The molecule has 0 aliphatic carbocycles. The summed E-state index contributed by atoms with van der Waals surface area (Å²) in [7, 11) is -2.63. The van der Waals surface area contributed by atoms with Gasteiger partial charge in [0.2, 0.25) is 10.0 Å². The number of hydrogen-bond acceptors (Lipinski definition) is 8. The Kier molecular flexibility index (Phi) is 15.5. The summed E-state index contributed by atoms with van der Waals surface area (Å²) in [6.07, 6.45) is -3.62. The molecule has 1 aliphatic rings. The van der Waals surface area contributed by atoms with Crippen LogP contribution in [0.15, 0.2) is 132 Å². The Morgan fingerprint density at radius 1 is 0.778 bits per heavy atom. The number of sulfonamides is 1. The fourth-order valence-electron chi connectivity index (χ4n) is 7.18. The average Bonchev–Trinajstić information content (AvgIpc) is 3.28. The number of nitrogens with one attached hydrogen (secondary N) is 2. The van der Waals surface area contributed by atoms with Crippen LogP contribution in [0.2, 0.25) is 0 Å². The number of piperidine rings is 1. The lowest BCUT2D eigenvalue weighted by molar-refractivity contribution is -0.152. The molecular weight excluding hydrogens is 844 g/mol. The molecule has 0 spiro atoms. The van der Waals surface area contributed by atoms with Gasteiger partial charge in [0.1, 0.15) is 17.3 Å². The normalized spacial score (nSPS) is 14.9. The van der Waals surface area contributed by atoms with Gasteiger partial charge in [-0.25, -0.2) is 13.2 Å². The van der Waals surface area contributed by atoms with E-state index >= 15 is 0 Å². The largest absolute Gasteiger partial charge is 0.497 e. The van der Waals surface area contributed by atoms with Gasteiger partial charge < -0.3 is 25.4 Å². The molecule has 0 saturated carbocycles. The van der Waals surface area contributed by atoms with Crippen LogP contribution in [-0.4, -0.2) is 78.7 Å². The van der Waals surface area contributed by atoms with E-state index in [0.717, 1.165) is 36.1 Å². The fourth-order valence-corrected chi connectivity index (χ4v) is 8.41. The van der Waals surface area contributed by atoms with Crippen LogP contribution >= 0.6 is 0 Å². The van der Waals surface area contributed by atoms with Gasteiger partial charge in [-0.2, -0.15) is 17.9 Å². The van der Waals surface area contributed by atoms with E-state index in [0.29, 0.717) is 41.2 Å². The SMILES string of the molecule is COc1ccc(S(=O)(=O)N[C@@H](CCC(=O)O)C(=O)O)cc1.C[C@](C(=O)O)(c1ccccc1)N1CCC(c2ccc(NC(=O)c3ccccc3-c3ccc(C(F)(F)F)cc3)cc2)CC1. The second-order valence-electron chi connectivity index (χ2n) is 14.8.